The van der Waals surface area contributed by atoms with E-state index in [1.165, 1.54) is 0 Å². The topological polar surface area (TPSA) is 46.2 Å². The summed E-state index contributed by atoms with van der Waals surface area (Å²) in [4.78, 5) is 22.6. The third-order valence-electron chi connectivity index (χ3n) is 2.79. The van der Waals surface area contributed by atoms with E-state index < -0.39 is 0 Å². The average molecular weight is 365 g/mol. The first kappa shape index (κ1) is 22.6. The molecule has 0 aliphatic rings. The van der Waals surface area contributed by atoms with Crippen molar-refractivity contribution in [3.63, 3.8) is 0 Å². The summed E-state index contributed by atoms with van der Waals surface area (Å²) in [7, 11) is 0. The molecule has 1 amide bonds. The zero-order valence-corrected chi connectivity index (χ0v) is 16.4. The fraction of sp³-hybridized carbons (Fsp3) is 0.471. The van der Waals surface area contributed by atoms with Crippen LogP contribution in [0.25, 0.3) is 0 Å². The number of benzene rings is 1. The minimum Gasteiger partial charge on any atom is -0.350 e. The van der Waals surface area contributed by atoms with Crippen LogP contribution in [0.2, 0.25) is 0 Å². The minimum absolute atomic E-state index is 0. The van der Waals surface area contributed by atoms with Gasteiger partial charge in [0, 0.05) is 39.1 Å². The molecule has 0 fully saturated rings. The van der Waals surface area contributed by atoms with E-state index in [-0.39, 0.29) is 56.4 Å². The molecular weight excluding hydrogens is 339 g/mol. The van der Waals surface area contributed by atoms with E-state index >= 15 is 0 Å². The number of rotatable bonds is 6. The van der Waals surface area contributed by atoms with Gasteiger partial charge in [0.15, 0.2) is 0 Å². The summed E-state index contributed by atoms with van der Waals surface area (Å²) < 4.78 is 0. The first-order valence-electron chi connectivity index (χ1n) is 7.18. The van der Waals surface area contributed by atoms with Crippen LogP contribution in [0.3, 0.4) is 0 Å². The number of carbonyl (C=O) groups is 2. The second-order valence-electron chi connectivity index (χ2n) is 4.75. The number of amides is 1. The Bertz CT molecular complexity index is 407. The molecule has 2 atom stereocenters. The van der Waals surface area contributed by atoms with Gasteiger partial charge in [0.25, 0.3) is 0 Å². The maximum absolute atomic E-state index is 11.8. The molecule has 0 unspecified atom stereocenters. The maximum atomic E-state index is 11.8. The number of hydrogen-bond donors (Lipinski definition) is 1. The molecule has 0 aliphatic heterocycles. The third kappa shape index (κ3) is 10.7. The summed E-state index contributed by atoms with van der Waals surface area (Å²) >= 11 is 0. The van der Waals surface area contributed by atoms with Crippen molar-refractivity contribution >= 4 is 11.7 Å². The van der Waals surface area contributed by atoms with Crippen LogP contribution in [0.4, 0.5) is 0 Å². The fourth-order valence-electron chi connectivity index (χ4n) is 1.90. The van der Waals surface area contributed by atoms with Gasteiger partial charge in [0.2, 0.25) is 5.91 Å². The first-order valence-corrected chi connectivity index (χ1v) is 7.18. The van der Waals surface area contributed by atoms with Crippen LogP contribution in [0.5, 0.6) is 0 Å². The van der Waals surface area contributed by atoms with Crippen LogP contribution in [0, 0.1) is 12.8 Å². The molecule has 1 N–H and O–H groups in total. The molecule has 0 spiro atoms. The van der Waals surface area contributed by atoms with Crippen molar-refractivity contribution < 1.29 is 42.3 Å². The van der Waals surface area contributed by atoms with Gasteiger partial charge < -0.3 is 17.0 Å². The molecule has 1 aromatic rings. The van der Waals surface area contributed by atoms with Crippen molar-refractivity contribution in [2.75, 3.05) is 0 Å². The Labute approximate surface area is 154 Å². The molecular formula is C17H26NO2Y-. The molecule has 0 aliphatic carbocycles. The summed E-state index contributed by atoms with van der Waals surface area (Å²) in [5, 5.41) is 2.93. The number of hydrogen-bond acceptors (Lipinski definition) is 2. The number of Topliss-reactive ketones (excluding diaryl/α,β-unsaturated/α-hetero) is 1. The Hall–Kier alpha value is -0.666. The molecule has 0 bridgehead atoms. The van der Waals surface area contributed by atoms with Gasteiger partial charge in [-0.3, -0.25) is 4.79 Å². The quantitative estimate of drug-likeness (QED) is 0.782. The molecule has 0 heterocycles. The standard InChI is InChI=1S/C15H20NO2.C2H6.Y/c1-11(9-12(2)17)10-15(18)16-13(3)14-7-5-4-6-8-14;1-2;/h4-8,11,13H,2,9-10H2,1,3H3,(H,16,18);1-2H3;/q-1;;/t11-,13+;;/m1../s1. The van der Waals surface area contributed by atoms with Gasteiger partial charge in [-0.15, -0.1) is 0 Å². The molecule has 0 saturated heterocycles. The Kier molecular flexibility index (Phi) is 14.0. The van der Waals surface area contributed by atoms with Crippen molar-refractivity contribution in [3.8, 4) is 0 Å². The van der Waals surface area contributed by atoms with E-state index in [9.17, 15) is 9.59 Å². The second-order valence-corrected chi connectivity index (χ2v) is 4.75. The Morgan fingerprint density at radius 1 is 1.10 bits per heavy atom. The molecule has 115 valence electrons. The zero-order valence-electron chi connectivity index (χ0n) is 13.6. The molecule has 21 heavy (non-hydrogen) atoms. The second kappa shape index (κ2) is 13.0. The molecule has 3 nitrogen and oxygen atoms in total. The van der Waals surface area contributed by atoms with Crippen LogP contribution in [0.15, 0.2) is 30.3 Å². The Morgan fingerprint density at radius 3 is 2.10 bits per heavy atom. The summed E-state index contributed by atoms with van der Waals surface area (Å²) in [5.74, 6) is -0.107. The van der Waals surface area contributed by atoms with Crippen molar-refractivity contribution in [1.82, 2.24) is 5.32 Å². The molecule has 4 heteroatoms. The molecule has 1 radical (unpaired) electrons. The van der Waals surface area contributed by atoms with Gasteiger partial charge in [-0.05, 0) is 30.6 Å². The van der Waals surface area contributed by atoms with E-state index in [1.807, 2.05) is 58.0 Å². The third-order valence-corrected chi connectivity index (χ3v) is 2.79. The van der Waals surface area contributed by atoms with Crippen LogP contribution in [-0.4, -0.2) is 11.7 Å². The van der Waals surface area contributed by atoms with Gasteiger partial charge in [-0.25, -0.2) is 0 Å². The predicted octanol–water partition coefficient (Wildman–Crippen LogP) is 3.71. The summed E-state index contributed by atoms with van der Waals surface area (Å²) in [6.45, 7) is 11.2. The van der Waals surface area contributed by atoms with Crippen LogP contribution in [0.1, 0.15) is 52.1 Å². The number of carbonyl (C=O) groups excluding carboxylic acids is 2. The maximum Gasteiger partial charge on any atom is 0.220 e. The molecule has 0 aromatic heterocycles. The van der Waals surface area contributed by atoms with Crippen molar-refractivity contribution in [2.45, 2.75) is 46.6 Å². The van der Waals surface area contributed by atoms with Crippen molar-refractivity contribution in [3.05, 3.63) is 42.8 Å². The van der Waals surface area contributed by atoms with Gasteiger partial charge in [-0.1, -0.05) is 51.1 Å². The van der Waals surface area contributed by atoms with E-state index in [1.54, 1.807) is 0 Å². The van der Waals surface area contributed by atoms with E-state index in [0.29, 0.717) is 12.8 Å². The smallest absolute Gasteiger partial charge is 0.220 e. The largest absolute Gasteiger partial charge is 0.350 e. The SMILES string of the molecule is CC.[CH2-]C(=O)C[C@@H](C)CC(=O)N[C@@H](C)c1ccccc1.[Y]. The summed E-state index contributed by atoms with van der Waals surface area (Å²) in [6.07, 6.45) is 0.714. The van der Waals surface area contributed by atoms with Crippen molar-refractivity contribution in [2.24, 2.45) is 5.92 Å². The molecule has 0 saturated carbocycles. The van der Waals surface area contributed by atoms with Crippen LogP contribution in [-0.2, 0) is 42.3 Å². The van der Waals surface area contributed by atoms with E-state index in [0.717, 1.165) is 5.56 Å². The normalized spacial score (nSPS) is 12.0. The van der Waals surface area contributed by atoms with Gasteiger partial charge in [0.05, 0.1) is 6.04 Å². The minimum atomic E-state index is -0.119. The Morgan fingerprint density at radius 2 is 1.62 bits per heavy atom. The van der Waals surface area contributed by atoms with Crippen molar-refractivity contribution in [1.29, 1.82) is 0 Å². The van der Waals surface area contributed by atoms with Gasteiger partial charge >= 0.3 is 0 Å². The molecule has 1 rings (SSSR count). The monoisotopic (exact) mass is 365 g/mol. The number of nitrogens with one attached hydrogen (secondary N) is 1. The zero-order chi connectivity index (χ0) is 15.5. The van der Waals surface area contributed by atoms with E-state index in [4.69, 9.17) is 0 Å². The van der Waals surface area contributed by atoms with Crippen LogP contribution >= 0.6 is 0 Å². The fourth-order valence-corrected chi connectivity index (χ4v) is 1.90. The Balaban J connectivity index is 0. The van der Waals surface area contributed by atoms with E-state index in [2.05, 4.69) is 12.2 Å². The summed E-state index contributed by atoms with van der Waals surface area (Å²) in [5.41, 5.74) is 1.08. The number of ketones is 1. The van der Waals surface area contributed by atoms with Gasteiger partial charge in [0.1, 0.15) is 0 Å². The first-order chi connectivity index (χ1) is 9.49. The van der Waals surface area contributed by atoms with Crippen LogP contribution < -0.4 is 5.32 Å². The average Bonchev–Trinajstić information content (AvgIpc) is 2.40. The summed E-state index contributed by atoms with van der Waals surface area (Å²) in [6, 6.07) is 9.78. The predicted molar refractivity (Wildman–Crippen MR) is 83.1 cm³/mol. The molecule has 1 aromatic carbocycles. The van der Waals surface area contributed by atoms with Gasteiger partial charge in [-0.2, -0.15) is 0 Å².